The number of benzene rings is 2. The third kappa shape index (κ3) is 5.61. The number of hydrogen-bond acceptors (Lipinski definition) is 7. The van der Waals surface area contributed by atoms with Crippen molar-refractivity contribution in [2.45, 2.75) is 26.5 Å². The van der Waals surface area contributed by atoms with Crippen LogP contribution < -0.4 is 10.1 Å². The van der Waals surface area contributed by atoms with Gasteiger partial charge < -0.3 is 19.3 Å². The number of carbonyl (C=O) groups is 2. The first-order valence-corrected chi connectivity index (χ1v) is 9.96. The second kappa shape index (κ2) is 10.1. The van der Waals surface area contributed by atoms with Gasteiger partial charge in [0.25, 0.3) is 11.8 Å². The Balaban J connectivity index is 1.63. The topological polar surface area (TPSA) is 104 Å². The molecule has 1 N–H and O–H groups in total. The van der Waals surface area contributed by atoms with E-state index < -0.39 is 17.9 Å². The van der Waals surface area contributed by atoms with Gasteiger partial charge in [-0.3, -0.25) is 4.79 Å². The molecule has 1 aromatic heterocycles. The van der Waals surface area contributed by atoms with Gasteiger partial charge in [-0.05, 0) is 30.2 Å². The van der Waals surface area contributed by atoms with E-state index in [1.165, 1.54) is 0 Å². The minimum absolute atomic E-state index is 0.131. The number of ether oxygens (including phenoxy) is 2. The van der Waals surface area contributed by atoms with Crippen LogP contribution in [0.2, 0.25) is 5.02 Å². The number of nitrogens with zero attached hydrogens (tertiary/aromatic N) is 2. The lowest BCUT2D eigenvalue weighted by atomic mass is 10.0. The first-order chi connectivity index (χ1) is 14.9. The molecular weight excluding hydrogens is 422 g/mol. The molecule has 3 rings (SSSR count). The first-order valence-electron chi connectivity index (χ1n) is 9.58. The van der Waals surface area contributed by atoms with E-state index in [0.717, 1.165) is 0 Å². The Morgan fingerprint density at radius 2 is 1.94 bits per heavy atom. The van der Waals surface area contributed by atoms with Crippen LogP contribution in [-0.4, -0.2) is 35.2 Å². The van der Waals surface area contributed by atoms with Crippen molar-refractivity contribution in [1.29, 1.82) is 0 Å². The molecule has 3 aromatic rings. The number of esters is 1. The number of halogens is 1. The van der Waals surface area contributed by atoms with Crippen molar-refractivity contribution in [2.24, 2.45) is 5.92 Å². The standard InChI is InChI=1S/C22H22ClN3O5/c1-13(2)19(25-21(27)16-9-4-5-10-17(16)23)22(28)30-12-18-24-20(26-31-18)14-7-6-8-15(11-14)29-3/h4-11,13,19H,12H2,1-3H3,(H,25,27)/t19-/m0/s1. The van der Waals surface area contributed by atoms with Crippen molar-refractivity contribution in [3.63, 3.8) is 0 Å². The number of amides is 1. The van der Waals surface area contributed by atoms with Crippen molar-refractivity contribution in [3.05, 3.63) is 65.0 Å². The van der Waals surface area contributed by atoms with Gasteiger partial charge in [-0.15, -0.1) is 0 Å². The van der Waals surface area contributed by atoms with E-state index in [0.29, 0.717) is 22.2 Å². The van der Waals surface area contributed by atoms with Crippen LogP contribution in [0.3, 0.4) is 0 Å². The molecule has 1 heterocycles. The fourth-order valence-corrected chi connectivity index (χ4v) is 3.00. The maximum absolute atomic E-state index is 12.6. The van der Waals surface area contributed by atoms with Crippen LogP contribution >= 0.6 is 11.6 Å². The number of methoxy groups -OCH3 is 1. The average molecular weight is 444 g/mol. The molecule has 0 bridgehead atoms. The van der Waals surface area contributed by atoms with E-state index in [-0.39, 0.29) is 24.0 Å². The van der Waals surface area contributed by atoms with Crippen LogP contribution in [0.4, 0.5) is 0 Å². The lowest BCUT2D eigenvalue weighted by Gasteiger charge is -2.20. The molecular formula is C22H22ClN3O5. The highest BCUT2D eigenvalue weighted by molar-refractivity contribution is 6.33. The summed E-state index contributed by atoms with van der Waals surface area (Å²) in [5, 5.41) is 6.87. The van der Waals surface area contributed by atoms with Gasteiger partial charge in [-0.2, -0.15) is 4.98 Å². The Labute approximate surface area is 184 Å². The number of nitrogens with one attached hydrogen (secondary N) is 1. The van der Waals surface area contributed by atoms with Crippen molar-refractivity contribution < 1.29 is 23.6 Å². The van der Waals surface area contributed by atoms with E-state index in [9.17, 15) is 9.59 Å². The summed E-state index contributed by atoms with van der Waals surface area (Å²) in [6.45, 7) is 3.37. The molecule has 1 atom stereocenters. The first kappa shape index (κ1) is 22.3. The van der Waals surface area contributed by atoms with Crippen LogP contribution in [0.1, 0.15) is 30.1 Å². The molecule has 0 fully saturated rings. The third-order valence-corrected chi connectivity index (χ3v) is 4.79. The Kier molecular flexibility index (Phi) is 7.25. The van der Waals surface area contributed by atoms with Crippen LogP contribution in [-0.2, 0) is 16.1 Å². The van der Waals surface area contributed by atoms with Gasteiger partial charge in [0.1, 0.15) is 11.8 Å². The fraction of sp³-hybridized carbons (Fsp3) is 0.273. The molecule has 0 saturated carbocycles. The van der Waals surface area contributed by atoms with E-state index in [1.54, 1.807) is 63.4 Å². The summed E-state index contributed by atoms with van der Waals surface area (Å²) < 4.78 is 15.7. The molecule has 0 spiro atoms. The summed E-state index contributed by atoms with van der Waals surface area (Å²) in [4.78, 5) is 29.3. The molecule has 31 heavy (non-hydrogen) atoms. The lowest BCUT2D eigenvalue weighted by molar-refractivity contribution is -0.149. The van der Waals surface area contributed by atoms with Gasteiger partial charge >= 0.3 is 5.97 Å². The second-order valence-electron chi connectivity index (χ2n) is 7.03. The van der Waals surface area contributed by atoms with E-state index in [2.05, 4.69) is 15.5 Å². The van der Waals surface area contributed by atoms with Crippen molar-refractivity contribution in [1.82, 2.24) is 15.5 Å². The molecule has 0 aliphatic carbocycles. The normalized spacial score (nSPS) is 11.8. The van der Waals surface area contributed by atoms with Gasteiger partial charge in [0.15, 0.2) is 6.61 Å². The molecule has 0 saturated heterocycles. The van der Waals surface area contributed by atoms with Crippen LogP contribution in [0.25, 0.3) is 11.4 Å². The van der Waals surface area contributed by atoms with Gasteiger partial charge in [0, 0.05) is 5.56 Å². The molecule has 0 aliphatic heterocycles. The lowest BCUT2D eigenvalue weighted by Crippen LogP contribution is -2.45. The maximum Gasteiger partial charge on any atom is 0.329 e. The van der Waals surface area contributed by atoms with Crippen molar-refractivity contribution in [3.8, 4) is 17.1 Å². The summed E-state index contributed by atoms with van der Waals surface area (Å²) in [7, 11) is 1.57. The molecule has 8 nitrogen and oxygen atoms in total. The largest absolute Gasteiger partial charge is 0.497 e. The summed E-state index contributed by atoms with van der Waals surface area (Å²) in [6.07, 6.45) is 0. The third-order valence-electron chi connectivity index (χ3n) is 4.46. The zero-order valence-electron chi connectivity index (χ0n) is 17.3. The Hall–Kier alpha value is -3.39. The molecule has 9 heteroatoms. The Morgan fingerprint density at radius 3 is 2.65 bits per heavy atom. The molecule has 0 radical (unpaired) electrons. The van der Waals surface area contributed by atoms with E-state index in [4.69, 9.17) is 25.6 Å². The molecule has 0 aliphatic rings. The number of aromatic nitrogens is 2. The quantitative estimate of drug-likeness (QED) is 0.526. The van der Waals surface area contributed by atoms with Gasteiger partial charge in [0.05, 0.1) is 17.7 Å². The maximum atomic E-state index is 12.6. The number of hydrogen-bond donors (Lipinski definition) is 1. The monoisotopic (exact) mass is 443 g/mol. The molecule has 162 valence electrons. The predicted octanol–water partition coefficient (Wildman–Crippen LogP) is 3.90. The minimum Gasteiger partial charge on any atom is -0.497 e. The van der Waals surface area contributed by atoms with Gasteiger partial charge in [-0.1, -0.05) is 54.9 Å². The van der Waals surface area contributed by atoms with Crippen molar-refractivity contribution in [2.75, 3.05) is 7.11 Å². The zero-order chi connectivity index (χ0) is 22.4. The highest BCUT2D eigenvalue weighted by Crippen LogP contribution is 2.21. The zero-order valence-corrected chi connectivity index (χ0v) is 18.1. The highest BCUT2D eigenvalue weighted by Gasteiger charge is 2.27. The summed E-state index contributed by atoms with van der Waals surface area (Å²) in [5.74, 6) is -0.155. The van der Waals surface area contributed by atoms with E-state index in [1.807, 2.05) is 6.07 Å². The molecule has 1 amide bonds. The summed E-state index contributed by atoms with van der Waals surface area (Å²) in [5.41, 5.74) is 0.982. The van der Waals surface area contributed by atoms with Gasteiger partial charge in [0.2, 0.25) is 5.82 Å². The average Bonchev–Trinajstić information content (AvgIpc) is 3.25. The number of carbonyl (C=O) groups excluding carboxylic acids is 2. The fourth-order valence-electron chi connectivity index (χ4n) is 2.78. The Morgan fingerprint density at radius 1 is 1.16 bits per heavy atom. The Bertz CT molecular complexity index is 1070. The van der Waals surface area contributed by atoms with Crippen molar-refractivity contribution >= 4 is 23.5 Å². The SMILES string of the molecule is COc1cccc(-c2noc(COC(=O)[C@@H](NC(=O)c3ccccc3Cl)C(C)C)n2)c1. The van der Waals surface area contributed by atoms with E-state index >= 15 is 0 Å². The molecule has 2 aromatic carbocycles. The second-order valence-corrected chi connectivity index (χ2v) is 7.43. The molecule has 0 unspecified atom stereocenters. The predicted molar refractivity (Wildman–Crippen MR) is 114 cm³/mol. The highest BCUT2D eigenvalue weighted by atomic mass is 35.5. The minimum atomic E-state index is -0.871. The summed E-state index contributed by atoms with van der Waals surface area (Å²) in [6, 6.07) is 12.9. The number of rotatable bonds is 8. The van der Waals surface area contributed by atoms with Gasteiger partial charge in [-0.25, -0.2) is 4.79 Å². The summed E-state index contributed by atoms with van der Waals surface area (Å²) >= 11 is 6.06. The van der Waals surface area contributed by atoms with Crippen LogP contribution in [0.5, 0.6) is 5.75 Å². The van der Waals surface area contributed by atoms with Crippen LogP contribution in [0, 0.1) is 5.92 Å². The smallest absolute Gasteiger partial charge is 0.329 e. The van der Waals surface area contributed by atoms with Crippen LogP contribution in [0.15, 0.2) is 53.1 Å².